The van der Waals surface area contributed by atoms with Crippen molar-refractivity contribution in [1.82, 2.24) is 5.32 Å². The summed E-state index contributed by atoms with van der Waals surface area (Å²) >= 11 is 0. The third-order valence-electron chi connectivity index (χ3n) is 5.19. The van der Waals surface area contributed by atoms with Crippen LogP contribution in [0.1, 0.15) is 39.0 Å². The summed E-state index contributed by atoms with van der Waals surface area (Å²) in [5.74, 6) is 0.879. The minimum absolute atomic E-state index is 0.0697. The molecule has 24 heavy (non-hydrogen) atoms. The van der Waals surface area contributed by atoms with Gasteiger partial charge in [0.25, 0.3) is 5.79 Å². The van der Waals surface area contributed by atoms with Crippen LogP contribution in [0.5, 0.6) is 11.5 Å². The van der Waals surface area contributed by atoms with E-state index >= 15 is 0 Å². The van der Waals surface area contributed by atoms with Gasteiger partial charge in [0, 0.05) is 37.1 Å². The second kappa shape index (κ2) is 5.77. The van der Waals surface area contributed by atoms with Gasteiger partial charge in [-0.15, -0.1) is 0 Å². The Bertz CT molecular complexity index is 682. The van der Waals surface area contributed by atoms with Crippen molar-refractivity contribution < 1.29 is 19.1 Å². The van der Waals surface area contributed by atoms with Crippen LogP contribution in [0.2, 0.25) is 0 Å². The summed E-state index contributed by atoms with van der Waals surface area (Å²) < 4.78 is 12.0. The molecule has 1 aliphatic carbocycles. The van der Waals surface area contributed by atoms with Crippen LogP contribution in [0.25, 0.3) is 0 Å². The first-order valence-electron chi connectivity index (χ1n) is 8.61. The van der Waals surface area contributed by atoms with E-state index in [2.05, 4.69) is 10.6 Å². The lowest BCUT2D eigenvalue weighted by atomic mass is 10.0. The lowest BCUT2D eigenvalue weighted by Crippen LogP contribution is -2.35. The molecule has 2 fully saturated rings. The fourth-order valence-corrected chi connectivity index (χ4v) is 3.76. The van der Waals surface area contributed by atoms with E-state index in [9.17, 15) is 9.59 Å². The zero-order chi connectivity index (χ0) is 16.7. The van der Waals surface area contributed by atoms with Crippen molar-refractivity contribution in [3.63, 3.8) is 0 Å². The highest BCUT2D eigenvalue weighted by molar-refractivity contribution is 5.96. The lowest BCUT2D eigenvalue weighted by Gasteiger charge is -2.21. The number of fused-ring (bicyclic) bond motifs is 1. The van der Waals surface area contributed by atoms with Gasteiger partial charge in [0.2, 0.25) is 5.91 Å². The van der Waals surface area contributed by atoms with Gasteiger partial charge in [0.15, 0.2) is 11.5 Å². The second-order valence-corrected chi connectivity index (χ2v) is 6.98. The largest absolute Gasteiger partial charge is 0.448 e. The Hall–Kier alpha value is -2.08. The Balaban J connectivity index is 1.42. The van der Waals surface area contributed by atoms with E-state index in [0.717, 1.165) is 31.4 Å². The number of hydrogen-bond donors (Lipinski definition) is 2. The van der Waals surface area contributed by atoms with E-state index < -0.39 is 5.79 Å². The highest BCUT2D eigenvalue weighted by Gasteiger charge is 2.44. The normalized spacial score (nSPS) is 26.7. The van der Waals surface area contributed by atoms with Crippen molar-refractivity contribution >= 4 is 17.4 Å². The molecule has 2 unspecified atom stereocenters. The molecule has 3 aliphatic rings. The van der Waals surface area contributed by atoms with Crippen molar-refractivity contribution in [1.29, 1.82) is 0 Å². The van der Waals surface area contributed by atoms with E-state index in [4.69, 9.17) is 9.47 Å². The van der Waals surface area contributed by atoms with Gasteiger partial charge < -0.3 is 20.1 Å². The van der Waals surface area contributed by atoms with E-state index in [1.54, 1.807) is 6.92 Å². The number of hydrogen-bond acceptors (Lipinski definition) is 5. The van der Waals surface area contributed by atoms with E-state index in [-0.39, 0.29) is 23.7 Å². The molecule has 2 N–H and O–H groups in total. The van der Waals surface area contributed by atoms with Gasteiger partial charge in [-0.25, -0.2) is 0 Å². The molecule has 1 saturated carbocycles. The number of amides is 1. The molecule has 1 amide bonds. The van der Waals surface area contributed by atoms with Crippen molar-refractivity contribution in [2.45, 2.75) is 50.9 Å². The van der Waals surface area contributed by atoms with Gasteiger partial charge >= 0.3 is 0 Å². The Kier molecular flexibility index (Phi) is 3.72. The number of carbonyl (C=O) groups excluding carboxylic acids is 2. The van der Waals surface area contributed by atoms with Crippen molar-refractivity contribution in [3.8, 4) is 11.5 Å². The van der Waals surface area contributed by atoms with Gasteiger partial charge in [0.1, 0.15) is 5.78 Å². The van der Waals surface area contributed by atoms with Crippen LogP contribution in [-0.2, 0) is 9.59 Å². The summed E-state index contributed by atoms with van der Waals surface area (Å²) in [4.78, 5) is 23.8. The monoisotopic (exact) mass is 330 g/mol. The number of ether oxygens (including phenoxy) is 2. The second-order valence-electron chi connectivity index (χ2n) is 6.98. The Morgan fingerprint density at radius 1 is 1.21 bits per heavy atom. The SMILES string of the molecule is CC(=O)C1CNC(C(=O)Nc2ccc3c(c2)OC2(CCCC2)O3)C1. The molecule has 2 aliphatic heterocycles. The minimum Gasteiger partial charge on any atom is -0.448 e. The fourth-order valence-electron chi connectivity index (χ4n) is 3.76. The summed E-state index contributed by atoms with van der Waals surface area (Å²) in [5, 5.41) is 6.01. The van der Waals surface area contributed by atoms with Crippen LogP contribution >= 0.6 is 0 Å². The molecule has 1 saturated heterocycles. The zero-order valence-corrected chi connectivity index (χ0v) is 13.8. The lowest BCUT2D eigenvalue weighted by molar-refractivity contribution is -0.120. The molecular formula is C18H22N2O4. The molecule has 1 spiro atoms. The molecule has 2 atom stereocenters. The molecule has 4 rings (SSSR count). The number of rotatable bonds is 3. The van der Waals surface area contributed by atoms with Crippen molar-refractivity contribution in [3.05, 3.63) is 18.2 Å². The van der Waals surface area contributed by atoms with Gasteiger partial charge in [-0.1, -0.05) is 0 Å². The molecule has 0 bridgehead atoms. The van der Waals surface area contributed by atoms with Crippen LogP contribution in [0.3, 0.4) is 0 Å². The third-order valence-corrected chi connectivity index (χ3v) is 5.19. The fraction of sp³-hybridized carbons (Fsp3) is 0.556. The summed E-state index contributed by atoms with van der Waals surface area (Å²) in [5.41, 5.74) is 0.686. The Morgan fingerprint density at radius 3 is 2.67 bits per heavy atom. The molecule has 2 heterocycles. The highest BCUT2D eigenvalue weighted by atomic mass is 16.7. The van der Waals surface area contributed by atoms with Crippen molar-refractivity contribution in [2.75, 3.05) is 11.9 Å². The van der Waals surface area contributed by atoms with Crippen LogP contribution < -0.4 is 20.1 Å². The molecule has 1 aromatic rings. The first-order chi connectivity index (χ1) is 11.5. The zero-order valence-electron chi connectivity index (χ0n) is 13.8. The molecule has 128 valence electrons. The van der Waals surface area contributed by atoms with Crippen LogP contribution in [0, 0.1) is 5.92 Å². The molecule has 1 aromatic carbocycles. The predicted octanol–water partition coefficient (Wildman–Crippen LogP) is 2.23. The van der Waals surface area contributed by atoms with E-state index in [1.807, 2.05) is 18.2 Å². The van der Waals surface area contributed by atoms with Gasteiger partial charge in [0.05, 0.1) is 6.04 Å². The first-order valence-corrected chi connectivity index (χ1v) is 8.61. The highest BCUT2D eigenvalue weighted by Crippen LogP contribution is 2.47. The maximum atomic E-state index is 12.4. The summed E-state index contributed by atoms with van der Waals surface area (Å²) in [6.07, 6.45) is 4.59. The number of Topliss-reactive ketones (excluding diaryl/α,β-unsaturated/α-hetero) is 1. The summed E-state index contributed by atoms with van der Waals surface area (Å²) in [6, 6.07) is 5.16. The Labute approximate surface area is 140 Å². The number of anilines is 1. The number of ketones is 1. The number of benzene rings is 1. The van der Waals surface area contributed by atoms with Gasteiger partial charge in [-0.3, -0.25) is 9.59 Å². The molecule has 0 radical (unpaired) electrons. The van der Waals surface area contributed by atoms with Gasteiger partial charge in [-0.05, 0) is 38.3 Å². The molecule has 6 nitrogen and oxygen atoms in total. The third kappa shape index (κ3) is 2.75. The molecular weight excluding hydrogens is 308 g/mol. The van der Waals surface area contributed by atoms with E-state index in [1.165, 1.54) is 0 Å². The maximum Gasteiger partial charge on any atom is 0.251 e. The van der Waals surface area contributed by atoms with Gasteiger partial charge in [-0.2, -0.15) is 0 Å². The number of carbonyl (C=O) groups is 2. The first kappa shape index (κ1) is 15.4. The minimum atomic E-state index is -0.493. The van der Waals surface area contributed by atoms with Crippen LogP contribution in [0.15, 0.2) is 18.2 Å². The molecule has 6 heteroatoms. The summed E-state index contributed by atoms with van der Waals surface area (Å²) in [6.45, 7) is 2.14. The average molecular weight is 330 g/mol. The molecule has 0 aromatic heterocycles. The van der Waals surface area contributed by atoms with Crippen molar-refractivity contribution in [2.24, 2.45) is 5.92 Å². The topological polar surface area (TPSA) is 76.7 Å². The average Bonchev–Trinajstić information content (AvgIpc) is 3.26. The predicted molar refractivity (Wildman–Crippen MR) is 88.1 cm³/mol. The summed E-state index contributed by atoms with van der Waals surface area (Å²) in [7, 11) is 0. The standard InChI is InChI=1S/C18H22N2O4/c1-11(21)12-8-14(19-10-12)17(22)20-13-4-5-15-16(9-13)24-18(23-15)6-2-3-7-18/h4-5,9,12,14,19H,2-3,6-8,10H2,1H3,(H,20,22). The van der Waals surface area contributed by atoms with E-state index in [0.29, 0.717) is 24.4 Å². The number of nitrogens with one attached hydrogen (secondary N) is 2. The van der Waals surface area contributed by atoms with Crippen LogP contribution in [-0.4, -0.2) is 30.1 Å². The Morgan fingerprint density at radius 2 is 1.96 bits per heavy atom. The maximum absolute atomic E-state index is 12.4. The smallest absolute Gasteiger partial charge is 0.251 e. The quantitative estimate of drug-likeness (QED) is 0.889. The van der Waals surface area contributed by atoms with Crippen LogP contribution in [0.4, 0.5) is 5.69 Å².